The van der Waals surface area contributed by atoms with Gasteiger partial charge in [-0.25, -0.2) is 4.99 Å². The van der Waals surface area contributed by atoms with Crippen LogP contribution in [-0.2, 0) is 0 Å². The van der Waals surface area contributed by atoms with Gasteiger partial charge in [-0.2, -0.15) is 0 Å². The maximum Gasteiger partial charge on any atom is 0.151 e. The second-order valence-electron chi connectivity index (χ2n) is 3.56. The topological polar surface area (TPSA) is 27.6 Å². The van der Waals surface area contributed by atoms with E-state index >= 15 is 0 Å². The first-order chi connectivity index (χ1) is 6.36. The molecule has 3 nitrogen and oxygen atoms in total. The number of hydrogen-bond acceptors (Lipinski definition) is 3. The predicted octanol–water partition coefficient (Wildman–Crippen LogP) is 1.39. The van der Waals surface area contributed by atoms with E-state index in [2.05, 4.69) is 27.5 Å². The Kier molecular flexibility index (Phi) is 1.44. The van der Waals surface area contributed by atoms with Crippen LogP contribution in [0.2, 0.25) is 0 Å². The van der Waals surface area contributed by atoms with Crippen molar-refractivity contribution in [2.45, 2.75) is 25.0 Å². The van der Waals surface area contributed by atoms with E-state index in [1.807, 2.05) is 0 Å². The summed E-state index contributed by atoms with van der Waals surface area (Å²) in [4.78, 5) is 6.66. The van der Waals surface area contributed by atoms with Gasteiger partial charge in [-0.1, -0.05) is 11.6 Å². The summed E-state index contributed by atoms with van der Waals surface area (Å²) in [5.41, 5.74) is 1.09. The van der Waals surface area contributed by atoms with Crippen LogP contribution < -0.4 is 5.32 Å². The Morgan fingerprint density at radius 1 is 1.54 bits per heavy atom. The number of hydrogen-bond donors (Lipinski definition) is 1. The first-order valence-corrected chi connectivity index (χ1v) is 4.87. The third kappa shape index (κ3) is 1.07. The van der Waals surface area contributed by atoms with Crippen LogP contribution in [0.4, 0.5) is 0 Å². The summed E-state index contributed by atoms with van der Waals surface area (Å²) in [6.07, 6.45) is 8.54. The SMILES string of the molecule is ClC1=C2C=CN(C3CC3)[C@@H]2N=CN1. The summed E-state index contributed by atoms with van der Waals surface area (Å²) in [5, 5.41) is 3.62. The maximum atomic E-state index is 6.01. The van der Waals surface area contributed by atoms with Gasteiger partial charge in [-0.05, 0) is 18.9 Å². The van der Waals surface area contributed by atoms with Gasteiger partial charge in [0.15, 0.2) is 6.17 Å². The molecule has 0 bridgehead atoms. The predicted molar refractivity (Wildman–Crippen MR) is 52.3 cm³/mol. The van der Waals surface area contributed by atoms with E-state index in [0.29, 0.717) is 11.2 Å². The molecule has 2 aliphatic heterocycles. The van der Waals surface area contributed by atoms with Crippen LogP contribution in [0.5, 0.6) is 0 Å². The van der Waals surface area contributed by atoms with Gasteiger partial charge in [0, 0.05) is 17.8 Å². The first-order valence-electron chi connectivity index (χ1n) is 4.50. The minimum absolute atomic E-state index is 0.140. The molecule has 3 aliphatic rings. The van der Waals surface area contributed by atoms with E-state index in [1.54, 1.807) is 6.34 Å². The van der Waals surface area contributed by atoms with E-state index in [-0.39, 0.29) is 6.17 Å². The second kappa shape index (κ2) is 2.51. The average molecular weight is 196 g/mol. The molecule has 0 saturated heterocycles. The van der Waals surface area contributed by atoms with E-state index < -0.39 is 0 Å². The molecule has 0 radical (unpaired) electrons. The molecule has 3 rings (SSSR count). The van der Waals surface area contributed by atoms with E-state index in [4.69, 9.17) is 11.6 Å². The Morgan fingerprint density at radius 2 is 2.38 bits per heavy atom. The summed E-state index contributed by atoms with van der Waals surface area (Å²) < 4.78 is 0. The van der Waals surface area contributed by atoms with Crippen LogP contribution >= 0.6 is 11.6 Å². The fraction of sp³-hybridized carbons (Fsp3) is 0.444. The highest BCUT2D eigenvalue weighted by atomic mass is 35.5. The summed E-state index contributed by atoms with van der Waals surface area (Å²) in [6, 6.07) is 0.693. The van der Waals surface area contributed by atoms with Gasteiger partial charge in [0.1, 0.15) is 5.16 Å². The molecule has 13 heavy (non-hydrogen) atoms. The van der Waals surface area contributed by atoms with Crippen molar-refractivity contribution < 1.29 is 0 Å². The van der Waals surface area contributed by atoms with Gasteiger partial charge < -0.3 is 10.2 Å². The minimum Gasteiger partial charge on any atom is -0.349 e. The molecule has 1 aliphatic carbocycles. The normalized spacial score (nSPS) is 30.8. The van der Waals surface area contributed by atoms with Crippen molar-refractivity contribution in [3.05, 3.63) is 23.0 Å². The highest BCUT2D eigenvalue weighted by Crippen LogP contribution is 2.36. The molecule has 2 heterocycles. The minimum atomic E-state index is 0.140. The van der Waals surface area contributed by atoms with E-state index in [9.17, 15) is 0 Å². The van der Waals surface area contributed by atoms with Gasteiger partial charge in [-0.3, -0.25) is 0 Å². The fourth-order valence-electron chi connectivity index (χ4n) is 1.78. The molecule has 0 aromatic rings. The zero-order valence-electron chi connectivity index (χ0n) is 7.07. The van der Waals surface area contributed by atoms with Crippen LogP contribution in [0.15, 0.2) is 28.0 Å². The molecule has 1 fully saturated rings. The van der Waals surface area contributed by atoms with Gasteiger partial charge in [0.05, 0.1) is 6.34 Å². The monoisotopic (exact) mass is 195 g/mol. The Hall–Kier alpha value is -0.960. The highest BCUT2D eigenvalue weighted by molar-refractivity contribution is 6.30. The molecule has 4 heteroatoms. The Bertz CT molecular complexity index is 328. The third-order valence-electron chi connectivity index (χ3n) is 2.62. The second-order valence-corrected chi connectivity index (χ2v) is 3.94. The quantitative estimate of drug-likeness (QED) is 0.641. The van der Waals surface area contributed by atoms with Crippen molar-refractivity contribution in [1.29, 1.82) is 0 Å². The van der Waals surface area contributed by atoms with Crippen LogP contribution in [0.1, 0.15) is 12.8 Å². The van der Waals surface area contributed by atoms with Gasteiger partial charge >= 0.3 is 0 Å². The molecule has 1 atom stereocenters. The lowest BCUT2D eigenvalue weighted by Gasteiger charge is -2.25. The van der Waals surface area contributed by atoms with Crippen LogP contribution in [-0.4, -0.2) is 23.4 Å². The van der Waals surface area contributed by atoms with Gasteiger partial charge in [-0.15, -0.1) is 0 Å². The molecule has 0 spiro atoms. The van der Waals surface area contributed by atoms with E-state index in [0.717, 1.165) is 5.57 Å². The van der Waals surface area contributed by atoms with Gasteiger partial charge in [0.2, 0.25) is 0 Å². The Balaban J connectivity index is 1.94. The summed E-state index contributed by atoms with van der Waals surface area (Å²) >= 11 is 6.01. The number of fused-ring (bicyclic) bond motifs is 1. The van der Waals surface area contributed by atoms with Crippen molar-refractivity contribution in [1.82, 2.24) is 10.2 Å². The Labute approximate surface area is 81.8 Å². The van der Waals surface area contributed by atoms with E-state index in [1.165, 1.54) is 12.8 Å². The van der Waals surface area contributed by atoms with Crippen LogP contribution in [0, 0.1) is 0 Å². The average Bonchev–Trinajstić information content (AvgIpc) is 2.87. The van der Waals surface area contributed by atoms with Crippen molar-refractivity contribution >= 4 is 17.9 Å². The molecule has 1 saturated carbocycles. The summed E-state index contributed by atoms with van der Waals surface area (Å²) in [6.45, 7) is 0. The lowest BCUT2D eigenvalue weighted by Crippen LogP contribution is -2.32. The number of nitrogens with one attached hydrogen (secondary N) is 1. The Morgan fingerprint density at radius 3 is 3.15 bits per heavy atom. The molecule has 68 valence electrons. The van der Waals surface area contributed by atoms with Crippen molar-refractivity contribution in [2.75, 3.05) is 0 Å². The molecule has 0 unspecified atom stereocenters. The third-order valence-corrected chi connectivity index (χ3v) is 2.94. The largest absolute Gasteiger partial charge is 0.349 e. The lowest BCUT2D eigenvalue weighted by molar-refractivity contribution is 0.323. The maximum absolute atomic E-state index is 6.01. The van der Waals surface area contributed by atoms with Crippen LogP contribution in [0.3, 0.4) is 0 Å². The standard InChI is InChI=1S/C9H10ClN3/c10-8-7-3-4-13(6-1-2-6)9(7)12-5-11-8/h3-6,9H,1-2H2,(H,11,12)/t9-/m0/s1. The highest BCUT2D eigenvalue weighted by Gasteiger charge is 2.37. The first kappa shape index (κ1) is 7.44. The summed E-state index contributed by atoms with van der Waals surface area (Å²) in [7, 11) is 0. The molecular weight excluding hydrogens is 186 g/mol. The molecule has 1 N–H and O–H groups in total. The zero-order chi connectivity index (χ0) is 8.84. The van der Waals surface area contributed by atoms with Crippen molar-refractivity contribution in [3.8, 4) is 0 Å². The number of rotatable bonds is 1. The smallest absolute Gasteiger partial charge is 0.151 e. The molecule has 0 amide bonds. The van der Waals surface area contributed by atoms with Crippen molar-refractivity contribution in [3.63, 3.8) is 0 Å². The van der Waals surface area contributed by atoms with Crippen LogP contribution in [0.25, 0.3) is 0 Å². The number of halogens is 1. The number of nitrogens with zero attached hydrogens (tertiary/aromatic N) is 2. The number of aliphatic imine (C=N–C) groups is 1. The lowest BCUT2D eigenvalue weighted by atomic mass is 10.2. The van der Waals surface area contributed by atoms with Crippen molar-refractivity contribution in [2.24, 2.45) is 4.99 Å². The molecule has 0 aromatic carbocycles. The fourth-order valence-corrected chi connectivity index (χ4v) is 1.99. The summed E-state index contributed by atoms with van der Waals surface area (Å²) in [5.74, 6) is 0. The van der Waals surface area contributed by atoms with Gasteiger partial charge in [0.25, 0.3) is 0 Å². The molecular formula is C9H10ClN3. The zero-order valence-corrected chi connectivity index (χ0v) is 7.83. The molecule has 0 aromatic heterocycles.